The quantitative estimate of drug-likeness (QED) is 0.468. The van der Waals surface area contributed by atoms with Crippen LogP contribution in [0.4, 0.5) is 8.78 Å². The van der Waals surface area contributed by atoms with Gasteiger partial charge in [-0.05, 0) is 6.92 Å². The first-order chi connectivity index (χ1) is 3.42. The van der Waals surface area contributed by atoms with E-state index in [1.807, 2.05) is 0 Å². The molecule has 0 saturated carbocycles. The van der Waals surface area contributed by atoms with Crippen LogP contribution in [0.3, 0.4) is 0 Å². The number of alkyl halides is 3. The third-order valence-electron chi connectivity index (χ3n) is 0.304. The summed E-state index contributed by atoms with van der Waals surface area (Å²) < 4.78 is 25.9. The topological polar surface area (TPSA) is 29.5 Å². The number of aliphatic hydroxyl groups is 1. The summed E-state index contributed by atoms with van der Waals surface area (Å²) in [6.07, 6.45) is -4.11. The van der Waals surface area contributed by atoms with Crippen LogP contribution in [0.25, 0.3) is 0 Å². The molecule has 0 aliphatic heterocycles. The van der Waals surface area contributed by atoms with Gasteiger partial charge in [0.1, 0.15) is 5.56 Å². The summed E-state index contributed by atoms with van der Waals surface area (Å²) in [5.41, 5.74) is -1.19. The van der Waals surface area contributed by atoms with Crippen LogP contribution in [0.5, 0.6) is 0 Å². The first-order valence-corrected chi connectivity index (χ1v) is 2.27. The number of rotatable bonds is 2. The summed E-state index contributed by atoms with van der Waals surface area (Å²) in [5, 5.41) is 7.55. The van der Waals surface area contributed by atoms with Crippen molar-refractivity contribution in [2.75, 3.05) is 0 Å². The SMILES string of the molecule is CC(Cl)OC(O)(F)F. The fourth-order valence-electron chi connectivity index (χ4n) is 0.195. The van der Waals surface area contributed by atoms with Crippen LogP contribution < -0.4 is 0 Å². The summed E-state index contributed by atoms with van der Waals surface area (Å²) in [7, 11) is 0. The van der Waals surface area contributed by atoms with Gasteiger partial charge in [0.05, 0.1) is 0 Å². The zero-order chi connectivity index (χ0) is 6.78. The minimum absolute atomic E-state index is 1.17. The molecule has 0 aromatic rings. The highest BCUT2D eigenvalue weighted by Gasteiger charge is 2.27. The van der Waals surface area contributed by atoms with Gasteiger partial charge in [0, 0.05) is 0 Å². The molecule has 0 spiro atoms. The molecule has 0 aliphatic carbocycles. The van der Waals surface area contributed by atoms with E-state index in [0.29, 0.717) is 0 Å². The van der Waals surface area contributed by atoms with Crippen LogP contribution in [0.15, 0.2) is 0 Å². The Kier molecular flexibility index (Phi) is 2.59. The molecule has 0 heterocycles. The zero-order valence-electron chi connectivity index (χ0n) is 4.07. The molecule has 1 unspecified atom stereocenters. The molecule has 2 nitrogen and oxygen atoms in total. The predicted molar refractivity (Wildman–Crippen MR) is 23.6 cm³/mol. The Labute approximate surface area is 50.0 Å². The van der Waals surface area contributed by atoms with Crippen molar-refractivity contribution in [3.05, 3.63) is 0 Å². The van der Waals surface area contributed by atoms with Gasteiger partial charge in [-0.25, -0.2) is 0 Å². The minimum atomic E-state index is -4.11. The summed E-state index contributed by atoms with van der Waals surface area (Å²) >= 11 is 4.90. The molecule has 0 aromatic carbocycles. The molecular weight excluding hydrogens is 141 g/mol. The summed E-state index contributed by atoms with van der Waals surface area (Å²) in [5.74, 6) is 0. The molecule has 0 aromatic heterocycles. The van der Waals surface area contributed by atoms with Crippen LogP contribution in [-0.4, -0.2) is 17.0 Å². The summed E-state index contributed by atoms with van der Waals surface area (Å²) in [4.78, 5) is 0. The van der Waals surface area contributed by atoms with E-state index in [0.717, 1.165) is 0 Å². The van der Waals surface area contributed by atoms with Crippen LogP contribution in [0, 0.1) is 0 Å². The first kappa shape index (κ1) is 8.07. The van der Waals surface area contributed by atoms with E-state index in [1.165, 1.54) is 6.92 Å². The maximum Gasteiger partial charge on any atom is 0.484 e. The molecule has 5 heteroatoms. The van der Waals surface area contributed by atoms with Gasteiger partial charge in [-0.15, -0.1) is 8.78 Å². The summed E-state index contributed by atoms with van der Waals surface area (Å²) in [6, 6.07) is 0. The van der Waals surface area contributed by atoms with Crippen LogP contribution in [-0.2, 0) is 4.74 Å². The second-order valence-electron chi connectivity index (χ2n) is 1.15. The largest absolute Gasteiger partial charge is 0.484 e. The average molecular weight is 147 g/mol. The Bertz CT molecular complexity index is 70.2. The van der Waals surface area contributed by atoms with Crippen LogP contribution in [0.2, 0.25) is 0 Å². The molecule has 0 fully saturated rings. The van der Waals surface area contributed by atoms with Gasteiger partial charge >= 0.3 is 6.29 Å². The second-order valence-corrected chi connectivity index (χ2v) is 1.76. The fourth-order valence-corrected chi connectivity index (χ4v) is 0.303. The van der Waals surface area contributed by atoms with E-state index in [-0.39, 0.29) is 0 Å². The first-order valence-electron chi connectivity index (χ1n) is 1.84. The van der Waals surface area contributed by atoms with Gasteiger partial charge in [0.15, 0.2) is 0 Å². The van der Waals surface area contributed by atoms with E-state index < -0.39 is 11.9 Å². The zero-order valence-corrected chi connectivity index (χ0v) is 4.82. The predicted octanol–water partition coefficient (Wildman–Crippen LogP) is 1.13. The Hall–Kier alpha value is 0.0700. The van der Waals surface area contributed by atoms with Gasteiger partial charge in [-0.2, -0.15) is 0 Å². The van der Waals surface area contributed by atoms with Crippen molar-refractivity contribution in [3.8, 4) is 0 Å². The molecule has 50 valence electrons. The molecule has 0 rings (SSSR count). The lowest BCUT2D eigenvalue weighted by atomic mass is 10.8. The average Bonchev–Trinajstić information content (AvgIpc) is 1.21. The Morgan fingerprint density at radius 1 is 1.75 bits per heavy atom. The monoisotopic (exact) mass is 146 g/mol. The van der Waals surface area contributed by atoms with E-state index in [1.54, 1.807) is 0 Å². The molecule has 0 amide bonds. The molecule has 0 saturated heterocycles. The molecule has 8 heavy (non-hydrogen) atoms. The maximum absolute atomic E-state index is 11.2. The van der Waals surface area contributed by atoms with Crippen molar-refractivity contribution < 1.29 is 18.6 Å². The highest BCUT2D eigenvalue weighted by molar-refractivity contribution is 6.19. The fraction of sp³-hybridized carbons (Fsp3) is 1.00. The van der Waals surface area contributed by atoms with E-state index >= 15 is 0 Å². The van der Waals surface area contributed by atoms with Crippen molar-refractivity contribution in [3.63, 3.8) is 0 Å². The van der Waals surface area contributed by atoms with Crippen LogP contribution >= 0.6 is 11.6 Å². The number of hydrogen-bond donors (Lipinski definition) is 1. The molecule has 0 radical (unpaired) electrons. The van der Waals surface area contributed by atoms with Crippen LogP contribution in [0.1, 0.15) is 6.92 Å². The third kappa shape index (κ3) is 6.07. The number of hydrogen-bond acceptors (Lipinski definition) is 2. The van der Waals surface area contributed by atoms with Crippen molar-refractivity contribution >= 4 is 11.6 Å². The molecular formula is C3H5ClF2O2. The normalized spacial score (nSPS) is 16.1. The Morgan fingerprint density at radius 2 is 2.12 bits per heavy atom. The van der Waals surface area contributed by atoms with Crippen molar-refractivity contribution in [2.24, 2.45) is 0 Å². The number of ether oxygens (including phenoxy) is 1. The highest BCUT2D eigenvalue weighted by atomic mass is 35.5. The second kappa shape index (κ2) is 2.57. The molecule has 0 bridgehead atoms. The third-order valence-corrected chi connectivity index (χ3v) is 0.393. The van der Waals surface area contributed by atoms with Gasteiger partial charge in [0.25, 0.3) is 0 Å². The molecule has 1 atom stereocenters. The van der Waals surface area contributed by atoms with E-state index in [9.17, 15) is 8.78 Å². The van der Waals surface area contributed by atoms with Gasteiger partial charge < -0.3 is 5.11 Å². The van der Waals surface area contributed by atoms with E-state index in [2.05, 4.69) is 4.74 Å². The molecule has 0 aliphatic rings. The lowest BCUT2D eigenvalue weighted by Gasteiger charge is -2.09. The van der Waals surface area contributed by atoms with Gasteiger partial charge in [0.2, 0.25) is 0 Å². The smallest absolute Gasteiger partial charge is 0.311 e. The standard InChI is InChI=1S/C3H5ClF2O2/c1-2(4)8-3(5,6)7/h2,7H,1H3. The Morgan fingerprint density at radius 3 is 2.12 bits per heavy atom. The van der Waals surface area contributed by atoms with E-state index in [4.69, 9.17) is 16.7 Å². The Balaban J connectivity index is 3.39. The molecule has 1 N–H and O–H groups in total. The van der Waals surface area contributed by atoms with Crippen molar-refractivity contribution in [2.45, 2.75) is 18.8 Å². The van der Waals surface area contributed by atoms with Crippen molar-refractivity contribution in [1.29, 1.82) is 0 Å². The van der Waals surface area contributed by atoms with Gasteiger partial charge in [-0.3, -0.25) is 4.74 Å². The highest BCUT2D eigenvalue weighted by Crippen LogP contribution is 2.14. The minimum Gasteiger partial charge on any atom is -0.311 e. The lowest BCUT2D eigenvalue weighted by Crippen LogP contribution is -2.22. The maximum atomic E-state index is 11.2. The number of halogens is 3. The van der Waals surface area contributed by atoms with Gasteiger partial charge in [-0.1, -0.05) is 11.6 Å². The lowest BCUT2D eigenvalue weighted by molar-refractivity contribution is -0.375. The summed E-state index contributed by atoms with van der Waals surface area (Å²) in [6.45, 7) is 1.17. The van der Waals surface area contributed by atoms with Crippen molar-refractivity contribution in [1.82, 2.24) is 0 Å².